The first-order valence-electron chi connectivity index (χ1n) is 4.78. The summed E-state index contributed by atoms with van der Waals surface area (Å²) in [7, 11) is 0.841. The van der Waals surface area contributed by atoms with Gasteiger partial charge in [0.05, 0.1) is 0 Å². The fourth-order valence-corrected chi connectivity index (χ4v) is 1.59. The van der Waals surface area contributed by atoms with Gasteiger partial charge in [0.2, 0.25) is 0 Å². The lowest BCUT2D eigenvalue weighted by Crippen LogP contribution is -2.01. The van der Waals surface area contributed by atoms with Gasteiger partial charge in [0.15, 0.2) is 0 Å². The highest BCUT2D eigenvalue weighted by Gasteiger charge is 1.99. The molecule has 2 nitrogen and oxygen atoms in total. The van der Waals surface area contributed by atoms with E-state index in [1.807, 2.05) is 42.5 Å². The number of para-hydroxylation sites is 1. The van der Waals surface area contributed by atoms with Crippen molar-refractivity contribution in [3.8, 4) is 17.2 Å². The number of phenols is 1. The molecule has 1 N–H and O–H groups in total. The number of phenolic OH excluding ortho intramolecular Hbond substituents is 1. The lowest BCUT2D eigenvalue weighted by atomic mass is 10.3. The zero-order valence-corrected chi connectivity index (χ0v) is 10.5. The molecule has 0 aliphatic carbocycles. The van der Waals surface area contributed by atoms with Crippen LogP contribution in [0.2, 0.25) is 0 Å². The van der Waals surface area contributed by atoms with Crippen LogP contribution < -0.4 is 9.92 Å². The Labute approximate surface area is 91.6 Å². The molecule has 0 amide bonds. The van der Waals surface area contributed by atoms with Crippen molar-refractivity contribution in [2.45, 2.75) is 0 Å². The van der Waals surface area contributed by atoms with Gasteiger partial charge in [-0.15, -0.1) is 0 Å². The minimum Gasteiger partial charge on any atom is -0.508 e. The number of benzene rings is 2. The third-order valence-corrected chi connectivity index (χ3v) is 3.01. The largest absolute Gasteiger partial charge is 0.508 e. The average molecular weight is 216 g/mol. The quantitative estimate of drug-likeness (QED) is 0.764. The molecule has 0 heterocycles. The average Bonchev–Trinajstić information content (AvgIpc) is 2.25. The molecule has 0 saturated heterocycles. The van der Waals surface area contributed by atoms with Gasteiger partial charge in [-0.1, -0.05) is 24.3 Å². The predicted molar refractivity (Wildman–Crippen MR) is 64.2 cm³/mol. The third-order valence-electron chi connectivity index (χ3n) is 2.16. The van der Waals surface area contributed by atoms with Gasteiger partial charge in [0, 0.05) is 16.3 Å². The van der Waals surface area contributed by atoms with Crippen LogP contribution in [0.25, 0.3) is 0 Å². The second-order valence-electron chi connectivity index (χ2n) is 3.36. The zero-order valence-electron chi connectivity index (χ0n) is 8.47. The van der Waals surface area contributed by atoms with E-state index in [0.717, 1.165) is 21.2 Å². The Bertz CT molecular complexity index is 454. The Morgan fingerprint density at radius 1 is 0.933 bits per heavy atom. The normalized spacial score (nSPS) is 10.1. The van der Waals surface area contributed by atoms with Crippen LogP contribution in [-0.2, 0) is 0 Å². The van der Waals surface area contributed by atoms with E-state index in [9.17, 15) is 5.11 Å². The maximum Gasteiger partial charge on any atom is 0.131 e. The fourth-order valence-electron chi connectivity index (χ4n) is 1.28. The number of hydrogen-bond donors (Lipinski definition) is 1. The molecule has 2 aromatic rings. The molecule has 0 unspecified atom stereocenters. The maximum absolute atomic E-state index is 9.53. The molecular weight excluding hydrogens is 204 g/mol. The summed E-state index contributed by atoms with van der Waals surface area (Å²) in [4.78, 5) is 0. The molecule has 0 atom stereocenters. The van der Waals surface area contributed by atoms with Crippen molar-refractivity contribution in [3.63, 3.8) is 0 Å². The van der Waals surface area contributed by atoms with Gasteiger partial charge in [0.25, 0.3) is 0 Å². The van der Waals surface area contributed by atoms with E-state index in [4.69, 9.17) is 4.74 Å². The van der Waals surface area contributed by atoms with Crippen molar-refractivity contribution < 1.29 is 9.84 Å². The maximum atomic E-state index is 9.53. The molecule has 15 heavy (non-hydrogen) atoms. The van der Waals surface area contributed by atoms with Gasteiger partial charge in [-0.3, -0.25) is 0 Å². The van der Waals surface area contributed by atoms with Crippen LogP contribution in [0.15, 0.2) is 48.5 Å². The van der Waals surface area contributed by atoms with Crippen LogP contribution in [0, 0.1) is 0 Å². The summed E-state index contributed by atoms with van der Waals surface area (Å²) in [5.74, 6) is 1.76. The molecular formula is C12H12O2Si. The van der Waals surface area contributed by atoms with E-state index in [1.165, 1.54) is 0 Å². The van der Waals surface area contributed by atoms with Crippen molar-refractivity contribution in [2.24, 2.45) is 0 Å². The van der Waals surface area contributed by atoms with E-state index < -0.39 is 0 Å². The van der Waals surface area contributed by atoms with Crippen LogP contribution in [-0.4, -0.2) is 15.3 Å². The molecule has 0 aromatic heterocycles. The second kappa shape index (κ2) is 4.19. The first kappa shape index (κ1) is 9.80. The van der Waals surface area contributed by atoms with E-state index in [2.05, 4.69) is 0 Å². The van der Waals surface area contributed by atoms with Crippen LogP contribution >= 0.6 is 0 Å². The lowest BCUT2D eigenvalue weighted by molar-refractivity contribution is 0.458. The van der Waals surface area contributed by atoms with Crippen molar-refractivity contribution in [1.29, 1.82) is 0 Å². The van der Waals surface area contributed by atoms with Crippen LogP contribution in [0.1, 0.15) is 0 Å². The number of ether oxygens (including phenoxy) is 1. The Hall–Kier alpha value is -1.74. The van der Waals surface area contributed by atoms with Crippen LogP contribution in [0.3, 0.4) is 0 Å². The molecule has 2 aromatic carbocycles. The zero-order chi connectivity index (χ0) is 10.7. The smallest absolute Gasteiger partial charge is 0.131 e. The number of rotatable bonds is 2. The van der Waals surface area contributed by atoms with Gasteiger partial charge < -0.3 is 9.84 Å². The highest BCUT2D eigenvalue weighted by Crippen LogP contribution is 2.22. The monoisotopic (exact) mass is 216 g/mol. The van der Waals surface area contributed by atoms with E-state index in [1.54, 1.807) is 6.07 Å². The van der Waals surface area contributed by atoms with Gasteiger partial charge in [-0.05, 0) is 23.4 Å². The molecule has 3 heteroatoms. The van der Waals surface area contributed by atoms with Gasteiger partial charge in [-0.25, -0.2) is 0 Å². The molecule has 0 aliphatic heterocycles. The molecule has 0 bridgehead atoms. The summed E-state index contributed by atoms with van der Waals surface area (Å²) < 4.78 is 5.57. The van der Waals surface area contributed by atoms with E-state index in [-0.39, 0.29) is 0 Å². The highest BCUT2D eigenvalue weighted by molar-refractivity contribution is 6.34. The summed E-state index contributed by atoms with van der Waals surface area (Å²) in [6.07, 6.45) is 0. The summed E-state index contributed by atoms with van der Waals surface area (Å²) in [6.45, 7) is 0. The van der Waals surface area contributed by atoms with Gasteiger partial charge in [0.1, 0.15) is 17.2 Å². The number of hydrogen-bond acceptors (Lipinski definition) is 2. The Kier molecular flexibility index (Phi) is 2.74. The summed E-state index contributed by atoms with van der Waals surface area (Å²) in [6, 6.07) is 14.9. The Morgan fingerprint density at radius 2 is 1.67 bits per heavy atom. The van der Waals surface area contributed by atoms with Crippen molar-refractivity contribution in [3.05, 3.63) is 48.5 Å². The van der Waals surface area contributed by atoms with E-state index in [0.29, 0.717) is 11.5 Å². The molecule has 0 radical (unpaired) electrons. The van der Waals surface area contributed by atoms with Gasteiger partial charge >= 0.3 is 0 Å². The topological polar surface area (TPSA) is 29.5 Å². The summed E-state index contributed by atoms with van der Waals surface area (Å²) in [5, 5.41) is 10.5. The Balaban J connectivity index is 2.22. The fraction of sp³-hybridized carbons (Fsp3) is 0. The first-order chi connectivity index (χ1) is 7.25. The summed E-state index contributed by atoms with van der Waals surface area (Å²) in [5.41, 5.74) is 0. The minimum atomic E-state index is 0.315. The first-order valence-corrected chi connectivity index (χ1v) is 5.78. The molecule has 0 saturated carbocycles. The Morgan fingerprint density at radius 3 is 2.33 bits per heavy atom. The molecule has 0 fully saturated rings. The predicted octanol–water partition coefficient (Wildman–Crippen LogP) is 1.18. The standard InChI is InChI=1S/C12H12O2Si/c13-11-8-10(6-7-12(11)15)14-9-4-2-1-3-5-9/h1-8,13H,15H3. The summed E-state index contributed by atoms with van der Waals surface area (Å²) >= 11 is 0. The van der Waals surface area contributed by atoms with Crippen molar-refractivity contribution >= 4 is 15.4 Å². The van der Waals surface area contributed by atoms with Gasteiger partial charge in [-0.2, -0.15) is 0 Å². The van der Waals surface area contributed by atoms with Crippen molar-refractivity contribution in [2.75, 3.05) is 0 Å². The highest BCUT2D eigenvalue weighted by atomic mass is 28.1. The molecule has 76 valence electrons. The molecule has 0 spiro atoms. The second-order valence-corrected chi connectivity index (χ2v) is 4.44. The minimum absolute atomic E-state index is 0.315. The van der Waals surface area contributed by atoms with Crippen LogP contribution in [0.4, 0.5) is 0 Å². The molecule has 2 rings (SSSR count). The lowest BCUT2D eigenvalue weighted by Gasteiger charge is -2.06. The molecule has 0 aliphatic rings. The SMILES string of the molecule is Oc1cc(Oc2ccccc2)ccc1[SiH3]. The van der Waals surface area contributed by atoms with Crippen molar-refractivity contribution in [1.82, 2.24) is 0 Å². The number of aromatic hydroxyl groups is 1. The van der Waals surface area contributed by atoms with E-state index >= 15 is 0 Å². The third kappa shape index (κ3) is 2.38. The van der Waals surface area contributed by atoms with Crippen LogP contribution in [0.5, 0.6) is 17.2 Å².